The highest BCUT2D eigenvalue weighted by atomic mass is 16.5. The molecule has 6 rings (SSSR count). The summed E-state index contributed by atoms with van der Waals surface area (Å²) in [5.74, 6) is 0.426. The van der Waals surface area contributed by atoms with E-state index in [2.05, 4.69) is 59.3 Å². The third-order valence-corrected chi connectivity index (χ3v) is 6.79. The zero-order valence-corrected chi connectivity index (χ0v) is 20.3. The van der Waals surface area contributed by atoms with Crippen LogP contribution >= 0.6 is 0 Å². The number of fused-ring (bicyclic) bond motifs is 2. The molecule has 6 aromatic rings. The molecule has 2 aromatic heterocycles. The maximum absolute atomic E-state index is 13.4. The molecular weight excluding hydrogens is 458 g/mol. The van der Waals surface area contributed by atoms with E-state index in [4.69, 9.17) is 10.00 Å². The third-order valence-electron chi connectivity index (χ3n) is 6.79. The van der Waals surface area contributed by atoms with Crippen LogP contribution in [0.25, 0.3) is 32.9 Å². The van der Waals surface area contributed by atoms with E-state index in [1.165, 1.54) is 0 Å². The molecule has 0 saturated heterocycles. The highest BCUT2D eigenvalue weighted by Gasteiger charge is 2.16. The van der Waals surface area contributed by atoms with Gasteiger partial charge in [-0.15, -0.1) is 0 Å². The van der Waals surface area contributed by atoms with Gasteiger partial charge in [-0.2, -0.15) is 5.26 Å². The number of nitrogens with zero attached hydrogens (tertiary/aromatic N) is 3. The number of ether oxygens (including phenoxy) is 1. The second-order valence-electron chi connectivity index (χ2n) is 8.99. The Morgan fingerprint density at radius 1 is 0.811 bits per heavy atom. The van der Waals surface area contributed by atoms with Crippen LogP contribution in [0.4, 0.5) is 0 Å². The van der Waals surface area contributed by atoms with E-state index in [1.54, 1.807) is 23.8 Å². The summed E-state index contributed by atoms with van der Waals surface area (Å²) < 4.78 is 9.32. The first-order valence-electron chi connectivity index (χ1n) is 12.0. The number of methoxy groups -OCH3 is 1. The van der Waals surface area contributed by atoms with Crippen LogP contribution in [0.15, 0.2) is 109 Å². The molecule has 2 heterocycles. The van der Waals surface area contributed by atoms with E-state index in [9.17, 15) is 4.79 Å². The average molecular weight is 482 g/mol. The molecular formula is C32H23N3O2. The standard InChI is InChI=1S/C32H23N3O2/c1-37-31-5-3-2-4-28(31)32(36)35-17-15-25-11-13-27(19-30(25)35)26-12-10-24-14-16-34(29(24)18-26)21-23-8-6-22(20-33)7-9-23/h2-19H,21H2,1H3. The number of carbonyl (C=O) groups is 1. The van der Waals surface area contributed by atoms with Crippen molar-refractivity contribution in [1.82, 2.24) is 9.13 Å². The molecule has 0 atom stereocenters. The summed E-state index contributed by atoms with van der Waals surface area (Å²) in [6, 6.07) is 33.9. The fourth-order valence-corrected chi connectivity index (χ4v) is 4.82. The lowest BCUT2D eigenvalue weighted by molar-refractivity contribution is 0.0962. The van der Waals surface area contributed by atoms with Gasteiger partial charge in [0.1, 0.15) is 5.75 Å². The Balaban J connectivity index is 1.38. The summed E-state index contributed by atoms with van der Waals surface area (Å²) in [7, 11) is 1.57. The molecule has 0 spiro atoms. The van der Waals surface area contributed by atoms with E-state index in [-0.39, 0.29) is 5.91 Å². The zero-order valence-electron chi connectivity index (χ0n) is 20.3. The fraction of sp³-hybridized carbons (Fsp3) is 0.0625. The predicted octanol–water partition coefficient (Wildman–Crippen LogP) is 6.88. The van der Waals surface area contributed by atoms with Gasteiger partial charge >= 0.3 is 0 Å². The minimum atomic E-state index is -0.128. The summed E-state index contributed by atoms with van der Waals surface area (Å²) in [6.45, 7) is 0.716. The molecule has 37 heavy (non-hydrogen) atoms. The van der Waals surface area contributed by atoms with Crippen LogP contribution in [0.2, 0.25) is 0 Å². The van der Waals surface area contributed by atoms with Crippen LogP contribution in [0.1, 0.15) is 21.5 Å². The topological polar surface area (TPSA) is 59.9 Å². The number of nitriles is 1. The van der Waals surface area contributed by atoms with Crippen molar-refractivity contribution in [3.63, 3.8) is 0 Å². The van der Waals surface area contributed by atoms with Gasteiger partial charge in [0.15, 0.2) is 0 Å². The largest absolute Gasteiger partial charge is 0.496 e. The van der Waals surface area contributed by atoms with Crippen LogP contribution in [0.5, 0.6) is 5.75 Å². The van der Waals surface area contributed by atoms with Crippen molar-refractivity contribution in [3.05, 3.63) is 126 Å². The second-order valence-corrected chi connectivity index (χ2v) is 8.99. The lowest BCUT2D eigenvalue weighted by Crippen LogP contribution is -2.12. The van der Waals surface area contributed by atoms with Crippen LogP contribution < -0.4 is 4.74 Å². The molecule has 5 heteroatoms. The van der Waals surface area contributed by atoms with Gasteiger partial charge in [-0.1, -0.05) is 48.5 Å². The lowest BCUT2D eigenvalue weighted by atomic mass is 10.0. The number of rotatable bonds is 5. The molecule has 0 aliphatic carbocycles. The van der Waals surface area contributed by atoms with Gasteiger partial charge in [-0.05, 0) is 70.6 Å². The van der Waals surface area contributed by atoms with Crippen LogP contribution in [0.3, 0.4) is 0 Å². The van der Waals surface area contributed by atoms with E-state index in [1.807, 2.05) is 48.7 Å². The maximum Gasteiger partial charge on any atom is 0.266 e. The fourth-order valence-electron chi connectivity index (χ4n) is 4.82. The Kier molecular flexibility index (Phi) is 5.55. The second kappa shape index (κ2) is 9.18. The molecule has 0 amide bonds. The summed E-state index contributed by atoms with van der Waals surface area (Å²) in [6.07, 6.45) is 3.90. The number of para-hydroxylation sites is 1. The molecule has 0 bridgehead atoms. The highest BCUT2D eigenvalue weighted by Crippen LogP contribution is 2.30. The lowest BCUT2D eigenvalue weighted by Gasteiger charge is -2.10. The molecule has 0 radical (unpaired) electrons. The zero-order chi connectivity index (χ0) is 25.4. The van der Waals surface area contributed by atoms with Gasteiger partial charge in [-0.25, -0.2) is 0 Å². The Bertz CT molecular complexity index is 1820. The average Bonchev–Trinajstić information content (AvgIpc) is 3.56. The van der Waals surface area contributed by atoms with E-state index in [0.717, 1.165) is 38.5 Å². The van der Waals surface area contributed by atoms with Crippen molar-refractivity contribution < 1.29 is 9.53 Å². The van der Waals surface area contributed by atoms with Gasteiger partial charge in [0.25, 0.3) is 5.91 Å². The molecule has 0 aliphatic rings. The quantitative estimate of drug-likeness (QED) is 0.270. The van der Waals surface area contributed by atoms with Crippen molar-refractivity contribution in [2.45, 2.75) is 6.54 Å². The predicted molar refractivity (Wildman–Crippen MR) is 146 cm³/mol. The Labute approximate surface area is 214 Å². The van der Waals surface area contributed by atoms with Crippen LogP contribution in [-0.4, -0.2) is 22.2 Å². The summed E-state index contributed by atoms with van der Waals surface area (Å²) in [4.78, 5) is 13.4. The third kappa shape index (κ3) is 4.05. The van der Waals surface area contributed by atoms with E-state index >= 15 is 0 Å². The highest BCUT2D eigenvalue weighted by molar-refractivity contribution is 6.04. The summed E-state index contributed by atoms with van der Waals surface area (Å²) in [5.41, 5.74) is 6.41. The molecule has 0 fully saturated rings. The van der Waals surface area contributed by atoms with E-state index < -0.39 is 0 Å². The Morgan fingerprint density at radius 2 is 1.49 bits per heavy atom. The van der Waals surface area contributed by atoms with Gasteiger partial charge in [0, 0.05) is 29.8 Å². The maximum atomic E-state index is 13.4. The summed E-state index contributed by atoms with van der Waals surface area (Å²) in [5, 5.41) is 11.2. The molecule has 0 saturated carbocycles. The molecule has 0 N–H and O–H groups in total. The van der Waals surface area contributed by atoms with Crippen molar-refractivity contribution in [3.8, 4) is 22.9 Å². The SMILES string of the molecule is COc1ccccc1C(=O)n1ccc2ccc(-c3ccc4ccn(Cc5ccc(C#N)cc5)c4c3)cc21. The van der Waals surface area contributed by atoms with Gasteiger partial charge in [0.2, 0.25) is 0 Å². The number of benzene rings is 4. The van der Waals surface area contributed by atoms with Crippen molar-refractivity contribution in [2.75, 3.05) is 7.11 Å². The minimum absolute atomic E-state index is 0.128. The first kappa shape index (κ1) is 22.4. The minimum Gasteiger partial charge on any atom is -0.496 e. The van der Waals surface area contributed by atoms with E-state index in [0.29, 0.717) is 23.4 Å². The van der Waals surface area contributed by atoms with Crippen LogP contribution in [0, 0.1) is 11.3 Å². The molecule has 0 aliphatic heterocycles. The Hall–Kier alpha value is -5.08. The van der Waals surface area contributed by atoms with Crippen molar-refractivity contribution in [2.24, 2.45) is 0 Å². The first-order valence-corrected chi connectivity index (χ1v) is 12.0. The monoisotopic (exact) mass is 481 g/mol. The van der Waals surface area contributed by atoms with Crippen LogP contribution in [-0.2, 0) is 6.54 Å². The number of hydrogen-bond donors (Lipinski definition) is 0. The summed E-state index contributed by atoms with van der Waals surface area (Å²) >= 11 is 0. The van der Waals surface area contributed by atoms with Gasteiger partial charge in [-0.3, -0.25) is 9.36 Å². The Morgan fingerprint density at radius 3 is 2.22 bits per heavy atom. The molecule has 0 unspecified atom stereocenters. The number of aromatic nitrogens is 2. The van der Waals surface area contributed by atoms with Crippen molar-refractivity contribution >= 4 is 27.7 Å². The van der Waals surface area contributed by atoms with Gasteiger partial charge in [0.05, 0.1) is 29.8 Å². The molecule has 178 valence electrons. The van der Waals surface area contributed by atoms with Crippen molar-refractivity contribution in [1.29, 1.82) is 5.26 Å². The normalized spacial score (nSPS) is 11.0. The number of carbonyl (C=O) groups excluding carboxylic acids is 1. The molecule has 4 aromatic carbocycles. The van der Waals surface area contributed by atoms with Gasteiger partial charge < -0.3 is 9.30 Å². The smallest absolute Gasteiger partial charge is 0.266 e. The first-order chi connectivity index (χ1) is 18.1. The number of hydrogen-bond acceptors (Lipinski definition) is 3. The molecule has 5 nitrogen and oxygen atoms in total.